The molecular weight excluding hydrogens is 350 g/mol. The van der Waals surface area contributed by atoms with Crippen molar-refractivity contribution in [3.63, 3.8) is 0 Å². The molecule has 0 aliphatic carbocycles. The van der Waals surface area contributed by atoms with Crippen molar-refractivity contribution in [3.8, 4) is 0 Å². The van der Waals surface area contributed by atoms with Gasteiger partial charge in [0.15, 0.2) is 0 Å². The molecule has 1 saturated heterocycles. The zero-order valence-electron chi connectivity index (χ0n) is 16.8. The van der Waals surface area contributed by atoms with E-state index in [9.17, 15) is 19.2 Å². The van der Waals surface area contributed by atoms with Crippen LogP contribution in [0, 0.1) is 0 Å². The van der Waals surface area contributed by atoms with Crippen LogP contribution in [0.4, 0.5) is 0 Å². The summed E-state index contributed by atoms with van der Waals surface area (Å²) >= 11 is 0. The first kappa shape index (κ1) is 22.9. The molecule has 154 valence electrons. The van der Waals surface area contributed by atoms with Crippen molar-refractivity contribution in [2.24, 2.45) is 0 Å². The Morgan fingerprint density at radius 2 is 1.70 bits per heavy atom. The van der Waals surface area contributed by atoms with Gasteiger partial charge in [-0.05, 0) is 39.5 Å². The van der Waals surface area contributed by atoms with Crippen LogP contribution in [0.1, 0.15) is 59.3 Å². The van der Waals surface area contributed by atoms with Gasteiger partial charge < -0.3 is 19.8 Å². The van der Waals surface area contributed by atoms with E-state index in [1.54, 1.807) is 9.80 Å². The van der Waals surface area contributed by atoms with Gasteiger partial charge >= 0.3 is 5.97 Å². The van der Waals surface area contributed by atoms with Gasteiger partial charge in [-0.3, -0.25) is 19.2 Å². The van der Waals surface area contributed by atoms with E-state index in [0.717, 1.165) is 6.42 Å². The van der Waals surface area contributed by atoms with Gasteiger partial charge in [-0.15, -0.1) is 0 Å². The van der Waals surface area contributed by atoms with Crippen molar-refractivity contribution in [2.45, 2.75) is 65.3 Å². The number of nitrogens with zero attached hydrogens (tertiary/aromatic N) is 3. The van der Waals surface area contributed by atoms with Gasteiger partial charge in [-0.1, -0.05) is 0 Å². The monoisotopic (exact) mass is 383 g/mol. The minimum Gasteiger partial charge on any atom is -0.480 e. The number of rotatable bonds is 9. The summed E-state index contributed by atoms with van der Waals surface area (Å²) in [6.07, 6.45) is 3.25. The van der Waals surface area contributed by atoms with E-state index in [1.807, 2.05) is 13.8 Å². The van der Waals surface area contributed by atoms with E-state index in [1.165, 1.54) is 11.8 Å². The molecule has 0 radical (unpaired) electrons. The molecule has 8 nitrogen and oxygen atoms in total. The molecule has 1 N–H and O–H groups in total. The van der Waals surface area contributed by atoms with E-state index in [4.69, 9.17) is 5.11 Å². The number of aliphatic carboxylic acids is 1. The minimum atomic E-state index is -1.03. The van der Waals surface area contributed by atoms with Gasteiger partial charge in [-0.2, -0.15) is 0 Å². The molecule has 1 aliphatic heterocycles. The predicted octanol–water partition coefficient (Wildman–Crippen LogP) is 1.34. The second-order valence-electron chi connectivity index (χ2n) is 6.93. The summed E-state index contributed by atoms with van der Waals surface area (Å²) < 4.78 is 0. The normalized spacial score (nSPS) is 17.1. The smallest absolute Gasteiger partial charge is 0.323 e. The molecule has 1 rings (SSSR count). The average Bonchev–Trinajstić information content (AvgIpc) is 2.86. The summed E-state index contributed by atoms with van der Waals surface area (Å²) in [5.74, 6) is -1.18. The van der Waals surface area contributed by atoms with Crippen LogP contribution in [0.2, 0.25) is 0 Å². The van der Waals surface area contributed by atoms with Gasteiger partial charge in [0.2, 0.25) is 17.7 Å². The minimum absolute atomic E-state index is 0.0237. The van der Waals surface area contributed by atoms with E-state index in [0.29, 0.717) is 58.3 Å². The lowest BCUT2D eigenvalue weighted by molar-refractivity contribution is -0.145. The fourth-order valence-corrected chi connectivity index (χ4v) is 3.57. The molecule has 27 heavy (non-hydrogen) atoms. The average molecular weight is 383 g/mol. The lowest BCUT2D eigenvalue weighted by Crippen LogP contribution is -2.43. The van der Waals surface area contributed by atoms with Crippen molar-refractivity contribution in [2.75, 3.05) is 32.7 Å². The molecule has 1 heterocycles. The Labute approximate surface area is 161 Å². The molecule has 1 fully saturated rings. The first-order valence-electron chi connectivity index (χ1n) is 9.84. The molecule has 0 aromatic rings. The number of carboxylic acids is 1. The highest BCUT2D eigenvalue weighted by Gasteiger charge is 2.27. The molecule has 1 unspecified atom stereocenters. The molecular formula is C19H33N3O5. The second-order valence-corrected chi connectivity index (χ2v) is 6.93. The van der Waals surface area contributed by atoms with Crippen molar-refractivity contribution >= 4 is 23.7 Å². The maximum atomic E-state index is 12.5. The van der Waals surface area contributed by atoms with Gasteiger partial charge in [0.25, 0.3) is 0 Å². The third kappa shape index (κ3) is 7.56. The fourth-order valence-electron chi connectivity index (χ4n) is 3.57. The zero-order valence-corrected chi connectivity index (χ0v) is 16.8. The van der Waals surface area contributed by atoms with Crippen LogP contribution in [-0.4, -0.2) is 82.3 Å². The summed E-state index contributed by atoms with van der Waals surface area (Å²) in [7, 11) is 0. The van der Waals surface area contributed by atoms with Gasteiger partial charge in [0, 0.05) is 52.0 Å². The molecule has 3 amide bonds. The maximum Gasteiger partial charge on any atom is 0.323 e. The maximum absolute atomic E-state index is 12.5. The summed E-state index contributed by atoms with van der Waals surface area (Å²) in [5, 5.41) is 9.00. The van der Waals surface area contributed by atoms with E-state index < -0.39 is 5.97 Å². The summed E-state index contributed by atoms with van der Waals surface area (Å²) in [6.45, 7) is 7.43. The third-order valence-corrected chi connectivity index (χ3v) is 5.10. The molecule has 1 aliphatic rings. The Hall–Kier alpha value is -2.12. The molecule has 0 aromatic heterocycles. The highest BCUT2D eigenvalue weighted by Crippen LogP contribution is 2.18. The van der Waals surface area contributed by atoms with Crippen LogP contribution >= 0.6 is 0 Å². The van der Waals surface area contributed by atoms with Crippen LogP contribution in [0.25, 0.3) is 0 Å². The molecule has 0 spiro atoms. The number of carboxylic acid groups (broad SMARTS) is 1. The Morgan fingerprint density at radius 1 is 1.04 bits per heavy atom. The molecule has 0 aromatic carbocycles. The van der Waals surface area contributed by atoms with Crippen molar-refractivity contribution < 1.29 is 24.3 Å². The lowest BCUT2D eigenvalue weighted by atomic mass is 10.1. The van der Waals surface area contributed by atoms with E-state index >= 15 is 0 Å². The lowest BCUT2D eigenvalue weighted by Gasteiger charge is -2.28. The molecule has 8 heteroatoms. The van der Waals surface area contributed by atoms with Crippen molar-refractivity contribution in [1.82, 2.24) is 14.7 Å². The zero-order chi connectivity index (χ0) is 20.4. The van der Waals surface area contributed by atoms with E-state index in [2.05, 4.69) is 0 Å². The van der Waals surface area contributed by atoms with Crippen LogP contribution in [0.3, 0.4) is 0 Å². The van der Waals surface area contributed by atoms with E-state index in [-0.39, 0.29) is 30.3 Å². The first-order chi connectivity index (χ1) is 12.8. The number of likely N-dealkylation sites (tertiary alicyclic amines) is 1. The number of hydrogen-bond donors (Lipinski definition) is 1. The predicted molar refractivity (Wildman–Crippen MR) is 101 cm³/mol. The summed E-state index contributed by atoms with van der Waals surface area (Å²) in [6, 6.07) is -0.152. The molecule has 0 bridgehead atoms. The highest BCUT2D eigenvalue weighted by molar-refractivity contribution is 5.80. The number of carbonyl (C=O) groups is 4. The van der Waals surface area contributed by atoms with Gasteiger partial charge in [0.1, 0.15) is 6.54 Å². The van der Waals surface area contributed by atoms with Crippen LogP contribution < -0.4 is 0 Å². The first-order valence-corrected chi connectivity index (χ1v) is 9.84. The largest absolute Gasteiger partial charge is 0.480 e. The SMILES string of the molecule is CCN(CC)C(=O)CCCC(=O)N1CCCC(N(CC(=O)O)C(C)=O)CC1. The fraction of sp³-hybridized carbons (Fsp3) is 0.789. The Morgan fingerprint density at radius 3 is 2.26 bits per heavy atom. The number of hydrogen-bond acceptors (Lipinski definition) is 4. The summed E-state index contributed by atoms with van der Waals surface area (Å²) in [5.41, 5.74) is 0. The number of amides is 3. The van der Waals surface area contributed by atoms with Crippen LogP contribution in [0.15, 0.2) is 0 Å². The second kappa shape index (κ2) is 11.6. The van der Waals surface area contributed by atoms with Crippen LogP contribution in [-0.2, 0) is 19.2 Å². The summed E-state index contributed by atoms with van der Waals surface area (Å²) in [4.78, 5) is 52.1. The standard InChI is InChI=1S/C19H33N3O5/c1-4-20(5-2)17(24)9-6-10-18(25)21-12-7-8-16(11-13-21)22(15(3)23)14-19(26)27/h16H,4-14H2,1-3H3,(H,26,27). The quantitative estimate of drug-likeness (QED) is 0.648. The van der Waals surface area contributed by atoms with Gasteiger partial charge in [0.05, 0.1) is 0 Å². The number of carbonyl (C=O) groups excluding carboxylic acids is 3. The van der Waals surface area contributed by atoms with Crippen LogP contribution in [0.5, 0.6) is 0 Å². The Kier molecular flexibility index (Phi) is 9.82. The van der Waals surface area contributed by atoms with Gasteiger partial charge in [-0.25, -0.2) is 0 Å². The molecule has 0 saturated carbocycles. The Bertz CT molecular complexity index is 533. The highest BCUT2D eigenvalue weighted by atomic mass is 16.4. The Balaban J connectivity index is 2.49. The van der Waals surface area contributed by atoms with Crippen molar-refractivity contribution in [3.05, 3.63) is 0 Å². The topological polar surface area (TPSA) is 98.2 Å². The third-order valence-electron chi connectivity index (χ3n) is 5.10. The molecule has 1 atom stereocenters. The van der Waals surface area contributed by atoms with Crippen molar-refractivity contribution in [1.29, 1.82) is 0 Å².